The molecule has 7 atom stereocenters. The SMILES string of the molecule is CN1C[C@H](C(=O)NC2(C)O[C@@]34O[C@]35CCCN5C(=O)[C@H](Cc3ccccc3)N4C2=O)C[C@@H]2c3cccc4[nH]cc(c34)C[C@@H]21.CS(=O)(=O)O.[HH].[HH].[HH]. The lowest BCUT2D eigenvalue weighted by molar-refractivity contribution is -0.177. The van der Waals surface area contributed by atoms with Crippen LogP contribution in [0.2, 0.25) is 0 Å². The molecule has 3 N–H and O–H groups in total. The second-order valence-corrected chi connectivity index (χ2v) is 15.6. The Morgan fingerprint density at radius 3 is 2.65 bits per heavy atom. The minimum absolute atomic E-state index is 0. The Morgan fingerprint density at radius 1 is 1.15 bits per heavy atom. The zero-order chi connectivity index (χ0) is 33.8. The Labute approximate surface area is 282 Å². The first-order chi connectivity index (χ1) is 22.7. The summed E-state index contributed by atoms with van der Waals surface area (Å²) in [5.41, 5.74) is 2.05. The molecule has 0 saturated carbocycles. The highest BCUT2D eigenvalue weighted by molar-refractivity contribution is 7.85. The van der Waals surface area contributed by atoms with Gasteiger partial charge < -0.3 is 20.1 Å². The fourth-order valence-electron chi connectivity index (χ4n) is 8.99. The number of ether oxygens (including phenoxy) is 2. The van der Waals surface area contributed by atoms with E-state index < -0.39 is 39.4 Å². The summed E-state index contributed by atoms with van der Waals surface area (Å²) < 4.78 is 38.7. The first-order valence-corrected chi connectivity index (χ1v) is 18.2. The van der Waals surface area contributed by atoms with E-state index in [4.69, 9.17) is 14.0 Å². The second-order valence-electron chi connectivity index (χ2n) is 14.1. The molecule has 5 fully saturated rings. The Balaban J connectivity index is 0.000000592. The number of amides is 3. The number of epoxide rings is 1. The number of fused-ring (bicyclic) bond motifs is 2. The van der Waals surface area contributed by atoms with Gasteiger partial charge in [-0.15, -0.1) is 0 Å². The molecule has 9 rings (SSSR count). The molecule has 5 aliphatic heterocycles. The van der Waals surface area contributed by atoms with E-state index in [1.807, 2.05) is 30.3 Å². The van der Waals surface area contributed by atoms with Crippen molar-refractivity contribution in [1.82, 2.24) is 25.0 Å². The number of carbonyl (C=O) groups excluding carboxylic acids is 3. The fraction of sp³-hybridized carbons (Fsp3) is 0.500. The van der Waals surface area contributed by atoms with Crippen molar-refractivity contribution in [2.75, 3.05) is 26.4 Å². The number of piperazine rings is 1. The van der Waals surface area contributed by atoms with Gasteiger partial charge in [-0.2, -0.15) is 8.42 Å². The first-order valence-electron chi connectivity index (χ1n) is 16.4. The molecule has 3 aromatic rings. The van der Waals surface area contributed by atoms with Gasteiger partial charge >= 0.3 is 5.91 Å². The van der Waals surface area contributed by atoms with Gasteiger partial charge in [0, 0.05) is 59.3 Å². The van der Waals surface area contributed by atoms with Crippen LogP contribution in [-0.2, 0) is 46.8 Å². The third kappa shape index (κ3) is 4.64. The van der Waals surface area contributed by atoms with Gasteiger partial charge in [0.1, 0.15) is 6.04 Å². The van der Waals surface area contributed by atoms with E-state index in [9.17, 15) is 22.8 Å². The molecule has 0 bridgehead atoms. The van der Waals surface area contributed by atoms with Gasteiger partial charge in [-0.05, 0) is 56.0 Å². The molecule has 48 heavy (non-hydrogen) atoms. The van der Waals surface area contributed by atoms with Gasteiger partial charge in [-0.1, -0.05) is 42.5 Å². The predicted octanol–water partition coefficient (Wildman–Crippen LogP) is 2.69. The van der Waals surface area contributed by atoms with E-state index in [1.54, 1.807) is 11.8 Å². The molecular weight excluding hydrogens is 638 g/mol. The molecule has 0 radical (unpaired) electrons. The van der Waals surface area contributed by atoms with Crippen molar-refractivity contribution in [2.24, 2.45) is 5.92 Å². The third-order valence-corrected chi connectivity index (χ3v) is 11.0. The molecule has 1 aromatic heterocycles. The third-order valence-electron chi connectivity index (χ3n) is 11.0. The lowest BCUT2D eigenvalue weighted by Gasteiger charge is -2.45. The Bertz CT molecular complexity index is 1960. The van der Waals surface area contributed by atoms with Crippen LogP contribution in [-0.4, -0.2) is 106 Å². The van der Waals surface area contributed by atoms with Gasteiger partial charge in [-0.3, -0.25) is 33.3 Å². The van der Waals surface area contributed by atoms with Crippen molar-refractivity contribution in [1.29, 1.82) is 0 Å². The van der Waals surface area contributed by atoms with Crippen LogP contribution in [0.15, 0.2) is 54.7 Å². The number of nitrogens with zero attached hydrogens (tertiary/aromatic N) is 3. The summed E-state index contributed by atoms with van der Waals surface area (Å²) in [6.07, 6.45) is 6.17. The number of piperidine rings is 1. The van der Waals surface area contributed by atoms with Crippen LogP contribution in [0.1, 0.15) is 53.1 Å². The highest BCUT2D eigenvalue weighted by atomic mass is 32.2. The molecule has 5 saturated heterocycles. The molecular formula is C34H45N5O8S. The zero-order valence-electron chi connectivity index (χ0n) is 27.0. The largest absolute Gasteiger partial charge is 0.361 e. The Hall–Kier alpha value is -3.82. The number of hydrogen-bond donors (Lipinski definition) is 3. The molecule has 1 aliphatic carbocycles. The van der Waals surface area contributed by atoms with Gasteiger partial charge in [0.2, 0.25) is 23.3 Å². The van der Waals surface area contributed by atoms with Crippen LogP contribution in [0.25, 0.3) is 10.9 Å². The van der Waals surface area contributed by atoms with Gasteiger partial charge in [0.25, 0.3) is 16.0 Å². The fourth-order valence-corrected chi connectivity index (χ4v) is 8.99. The molecule has 3 amide bonds. The van der Waals surface area contributed by atoms with Crippen molar-refractivity contribution < 1.29 is 41.1 Å². The molecule has 6 heterocycles. The van der Waals surface area contributed by atoms with E-state index in [0.29, 0.717) is 44.6 Å². The quantitative estimate of drug-likeness (QED) is 0.277. The summed E-state index contributed by atoms with van der Waals surface area (Å²) in [7, 11) is -1.58. The van der Waals surface area contributed by atoms with Gasteiger partial charge in [0.05, 0.1) is 12.2 Å². The number of H-pyrrole nitrogens is 1. The number of hydrogen-bond acceptors (Lipinski definition) is 8. The summed E-state index contributed by atoms with van der Waals surface area (Å²) in [5, 5.41) is 4.30. The van der Waals surface area contributed by atoms with Crippen molar-refractivity contribution >= 4 is 38.7 Å². The van der Waals surface area contributed by atoms with E-state index in [2.05, 4.69) is 46.6 Å². The molecule has 2 spiro atoms. The van der Waals surface area contributed by atoms with Crippen molar-refractivity contribution in [2.45, 2.75) is 74.4 Å². The van der Waals surface area contributed by atoms with Crippen molar-refractivity contribution in [3.63, 3.8) is 0 Å². The average molecular weight is 684 g/mol. The highest BCUT2D eigenvalue weighted by Crippen LogP contribution is 2.66. The summed E-state index contributed by atoms with van der Waals surface area (Å²) in [4.78, 5) is 51.1. The molecule has 6 aliphatic rings. The maximum Gasteiger partial charge on any atom is 0.310 e. The Kier molecular flexibility index (Phi) is 6.94. The lowest BCUT2D eigenvalue weighted by Crippen LogP contribution is -2.65. The molecule has 14 heteroatoms. The maximum absolute atomic E-state index is 14.3. The molecule has 260 valence electrons. The monoisotopic (exact) mass is 683 g/mol. The summed E-state index contributed by atoms with van der Waals surface area (Å²) >= 11 is 0. The predicted molar refractivity (Wildman–Crippen MR) is 179 cm³/mol. The molecule has 1 unspecified atom stereocenters. The maximum atomic E-state index is 14.3. The van der Waals surface area contributed by atoms with Crippen LogP contribution in [0.5, 0.6) is 0 Å². The Morgan fingerprint density at radius 2 is 1.90 bits per heavy atom. The summed E-state index contributed by atoms with van der Waals surface area (Å²) in [5.74, 6) is -2.28. The van der Waals surface area contributed by atoms with Crippen LogP contribution in [0, 0.1) is 5.92 Å². The number of likely N-dealkylation sites (tertiary alicyclic amines) is 1. The van der Waals surface area contributed by atoms with Crippen molar-refractivity contribution in [3.8, 4) is 0 Å². The van der Waals surface area contributed by atoms with Crippen LogP contribution in [0.4, 0.5) is 0 Å². The van der Waals surface area contributed by atoms with Gasteiger partial charge in [-0.25, -0.2) is 0 Å². The highest BCUT2D eigenvalue weighted by Gasteiger charge is 2.90. The number of carbonyl (C=O) groups is 3. The summed E-state index contributed by atoms with van der Waals surface area (Å²) in [6.45, 7) is 2.76. The number of aromatic nitrogens is 1. The summed E-state index contributed by atoms with van der Waals surface area (Å²) in [6, 6.07) is 15.6. The van der Waals surface area contributed by atoms with Crippen molar-refractivity contribution in [3.05, 3.63) is 71.4 Å². The normalized spacial score (nSPS) is 34.9. The number of benzene rings is 2. The first kappa shape index (κ1) is 31.4. The second kappa shape index (κ2) is 10.6. The van der Waals surface area contributed by atoms with E-state index >= 15 is 0 Å². The minimum Gasteiger partial charge on any atom is -0.361 e. The van der Waals surface area contributed by atoms with E-state index in [1.165, 1.54) is 21.4 Å². The average Bonchev–Trinajstić information content (AvgIpc) is 3.31. The molecule has 13 nitrogen and oxygen atoms in total. The topological polar surface area (TPSA) is 165 Å². The van der Waals surface area contributed by atoms with E-state index in [-0.39, 0.29) is 27.9 Å². The lowest BCUT2D eigenvalue weighted by atomic mass is 9.72. The van der Waals surface area contributed by atoms with Crippen LogP contribution >= 0.6 is 0 Å². The number of nitrogens with one attached hydrogen (secondary N) is 2. The number of aromatic amines is 1. The number of likely N-dealkylation sites (N-methyl/N-ethyl adjacent to an activating group) is 1. The zero-order valence-corrected chi connectivity index (χ0v) is 27.8. The smallest absolute Gasteiger partial charge is 0.310 e. The minimum atomic E-state index is -3.67. The van der Waals surface area contributed by atoms with Gasteiger partial charge in [0.15, 0.2) is 0 Å². The van der Waals surface area contributed by atoms with Crippen LogP contribution < -0.4 is 5.32 Å². The molecule has 2 aromatic carbocycles. The van der Waals surface area contributed by atoms with E-state index in [0.717, 1.165) is 23.9 Å². The van der Waals surface area contributed by atoms with Crippen LogP contribution in [0.3, 0.4) is 0 Å². The standard InChI is InChI=1S/C33H35N5O5.CH4O3S.3H2/c1-31(35-28(39)21-15-23-22-10-6-11-24-27(22)20(17-34-24)16-25(23)36(2)18-21)30(41)38-26(14-19-8-4-3-5-9-19)29(40)37-13-7-12-32(37)33(38,42-31)43-32;1-5(2,3)4;;;/h3-6,8-11,17,21,23,25-26,34H,7,12-16,18H2,1-2H3,(H,35,39);1H3,(H,2,3,4);3*1H/t21-,23-,25+,26+,31?,32-,33-;;;;/m1..../s1. The number of rotatable bonds is 4.